The number of aromatic nitrogens is 3. The van der Waals surface area contributed by atoms with Gasteiger partial charge >= 0.3 is 0 Å². The van der Waals surface area contributed by atoms with E-state index >= 15 is 0 Å². The maximum absolute atomic E-state index is 10.4. The summed E-state index contributed by atoms with van der Waals surface area (Å²) < 4.78 is 6.08. The topological polar surface area (TPSA) is 72.0 Å². The minimum atomic E-state index is -0.0799. The summed E-state index contributed by atoms with van der Waals surface area (Å²) in [5.74, 6) is 0.504. The van der Waals surface area contributed by atoms with Crippen LogP contribution in [-0.2, 0) is 26.5 Å². The normalized spacial score (nSPS) is 11.5. The number of hydrogen-bond acceptors (Lipinski definition) is 5. The zero-order chi connectivity index (χ0) is 28.8. The van der Waals surface area contributed by atoms with Gasteiger partial charge in [-0.25, -0.2) is 4.98 Å². The molecule has 0 unspecified atom stereocenters. The maximum atomic E-state index is 10.4. The Kier molecular flexibility index (Phi) is 7.45. The molecule has 0 aliphatic rings. The number of fused-ring (bicyclic) bond motifs is 2. The molecule has 0 aliphatic carbocycles. The molecular weight excluding hydrogens is 714 g/mol. The van der Waals surface area contributed by atoms with Crippen LogP contribution in [0.4, 0.5) is 0 Å². The second kappa shape index (κ2) is 11.2. The number of nitrogens with zero attached hydrogens (tertiary/aromatic N) is 3. The molecule has 7 rings (SSSR count). The number of benzene rings is 4. The average molecular weight is 742 g/mol. The van der Waals surface area contributed by atoms with Crippen molar-refractivity contribution >= 4 is 22.0 Å². The van der Waals surface area contributed by atoms with E-state index in [-0.39, 0.29) is 32.2 Å². The van der Waals surface area contributed by atoms with Crippen molar-refractivity contribution in [3.8, 4) is 50.7 Å². The third-order valence-corrected chi connectivity index (χ3v) is 7.58. The Morgan fingerprint density at radius 2 is 1.42 bits per heavy atom. The molecule has 3 heterocycles. The molecular formula is C37H28N3O2Pt-. The van der Waals surface area contributed by atoms with Crippen molar-refractivity contribution in [3.63, 3.8) is 0 Å². The van der Waals surface area contributed by atoms with E-state index in [9.17, 15) is 5.11 Å². The van der Waals surface area contributed by atoms with Gasteiger partial charge in [0.25, 0.3) is 0 Å². The number of aromatic hydroxyl groups is 1. The van der Waals surface area contributed by atoms with Gasteiger partial charge in [0.2, 0.25) is 5.89 Å². The fraction of sp³-hybridized carbons (Fsp3) is 0.108. The van der Waals surface area contributed by atoms with Crippen molar-refractivity contribution in [1.82, 2.24) is 15.0 Å². The first kappa shape index (κ1) is 28.5. The smallest absolute Gasteiger partial charge is 0.230 e. The number of phenols is 1. The van der Waals surface area contributed by atoms with Gasteiger partial charge in [-0.1, -0.05) is 68.3 Å². The summed E-state index contributed by atoms with van der Waals surface area (Å²) in [6.07, 6.45) is 3.68. The van der Waals surface area contributed by atoms with E-state index in [4.69, 9.17) is 14.4 Å². The first-order chi connectivity index (χ1) is 20.4. The second-order valence-electron chi connectivity index (χ2n) is 11.4. The van der Waals surface area contributed by atoms with Crippen LogP contribution in [0.15, 0.2) is 114 Å². The molecule has 3 aromatic heterocycles. The monoisotopic (exact) mass is 741 g/mol. The predicted molar refractivity (Wildman–Crippen MR) is 168 cm³/mol. The predicted octanol–water partition coefficient (Wildman–Crippen LogP) is 9.24. The molecule has 214 valence electrons. The largest absolute Gasteiger partial charge is 0.507 e. The zero-order valence-electron chi connectivity index (χ0n) is 23.9. The van der Waals surface area contributed by atoms with Crippen LogP contribution in [0.5, 0.6) is 5.75 Å². The zero-order valence-corrected chi connectivity index (χ0v) is 26.2. The van der Waals surface area contributed by atoms with E-state index in [1.807, 2.05) is 73.1 Å². The molecule has 0 amide bonds. The van der Waals surface area contributed by atoms with Crippen LogP contribution in [0.2, 0.25) is 0 Å². The molecule has 0 saturated carbocycles. The van der Waals surface area contributed by atoms with Crippen LogP contribution in [0.25, 0.3) is 67.0 Å². The average Bonchev–Trinajstić information content (AvgIpc) is 3.45. The van der Waals surface area contributed by atoms with Gasteiger partial charge in [0.1, 0.15) is 11.3 Å². The summed E-state index contributed by atoms with van der Waals surface area (Å²) in [5.41, 5.74) is 9.66. The number of oxazole rings is 1. The van der Waals surface area contributed by atoms with Gasteiger partial charge in [0.15, 0.2) is 0 Å². The van der Waals surface area contributed by atoms with Crippen molar-refractivity contribution < 1.29 is 30.6 Å². The Labute approximate surface area is 264 Å². The van der Waals surface area contributed by atoms with Gasteiger partial charge in [0, 0.05) is 49.9 Å². The SMILES string of the molecule is CC(C)(C)c1cc(-c2[c-]c(-c3cccc4oc(-c5ccccc5O)nc34)ccc2)c2nccc(-c3ccccn3)c2c1.[Pt]. The second-order valence-corrected chi connectivity index (χ2v) is 11.4. The van der Waals surface area contributed by atoms with E-state index in [0.717, 1.165) is 44.4 Å². The van der Waals surface area contributed by atoms with Crippen molar-refractivity contribution in [3.05, 3.63) is 121 Å². The molecule has 0 atom stereocenters. The van der Waals surface area contributed by atoms with Gasteiger partial charge in [-0.05, 0) is 53.4 Å². The summed E-state index contributed by atoms with van der Waals surface area (Å²) in [6, 6.07) is 35.3. The Morgan fingerprint density at radius 3 is 2.19 bits per heavy atom. The Morgan fingerprint density at radius 1 is 0.674 bits per heavy atom. The van der Waals surface area contributed by atoms with Gasteiger partial charge < -0.3 is 9.52 Å². The molecule has 0 aliphatic heterocycles. The molecule has 6 heteroatoms. The molecule has 43 heavy (non-hydrogen) atoms. The third-order valence-electron chi connectivity index (χ3n) is 7.58. The minimum absolute atomic E-state index is 0. The fourth-order valence-electron chi connectivity index (χ4n) is 5.36. The van der Waals surface area contributed by atoms with Crippen LogP contribution >= 0.6 is 0 Å². The van der Waals surface area contributed by atoms with Crippen LogP contribution in [0.1, 0.15) is 26.3 Å². The molecule has 0 radical (unpaired) electrons. The van der Waals surface area contributed by atoms with E-state index in [1.54, 1.807) is 18.2 Å². The molecule has 0 bridgehead atoms. The van der Waals surface area contributed by atoms with Crippen molar-refractivity contribution in [2.75, 3.05) is 0 Å². The van der Waals surface area contributed by atoms with E-state index in [0.29, 0.717) is 22.6 Å². The summed E-state index contributed by atoms with van der Waals surface area (Å²) in [6.45, 7) is 6.67. The quantitative estimate of drug-likeness (QED) is 0.182. The molecule has 0 spiro atoms. The van der Waals surface area contributed by atoms with Gasteiger partial charge in [-0.2, -0.15) is 0 Å². The van der Waals surface area contributed by atoms with Crippen molar-refractivity contribution in [1.29, 1.82) is 0 Å². The summed E-state index contributed by atoms with van der Waals surface area (Å²) in [5, 5.41) is 11.4. The Bertz CT molecular complexity index is 2100. The van der Waals surface area contributed by atoms with Crippen molar-refractivity contribution in [2.24, 2.45) is 0 Å². The fourth-order valence-corrected chi connectivity index (χ4v) is 5.36. The van der Waals surface area contributed by atoms with Crippen LogP contribution in [0, 0.1) is 6.07 Å². The van der Waals surface area contributed by atoms with Crippen molar-refractivity contribution in [2.45, 2.75) is 26.2 Å². The number of pyridine rings is 2. The van der Waals surface area contributed by atoms with E-state index in [1.165, 1.54) is 5.56 Å². The minimum Gasteiger partial charge on any atom is -0.507 e. The van der Waals surface area contributed by atoms with Crippen LogP contribution < -0.4 is 0 Å². The standard InChI is InChI=1S/C37H28N3O2.Pt/c1-37(2,3)25-21-29(34-30(22-25)27(17-19-39-34)31-14-6-7-18-38-31)24-11-8-10-23(20-24)26-13-9-16-33-35(26)40-36(42-33)28-12-4-5-15-32(28)41;/h4-19,21-22,41H,1-3H3;/q-1;. The van der Waals surface area contributed by atoms with Gasteiger partial charge in [-0.3, -0.25) is 9.97 Å². The molecule has 5 nitrogen and oxygen atoms in total. The number of phenolic OH excluding ortho intramolecular Hbond substituents is 1. The molecule has 7 aromatic rings. The van der Waals surface area contributed by atoms with Gasteiger partial charge in [0.05, 0.1) is 16.8 Å². The number of para-hydroxylation sites is 2. The van der Waals surface area contributed by atoms with E-state index in [2.05, 4.69) is 50.0 Å². The van der Waals surface area contributed by atoms with Crippen LogP contribution in [0.3, 0.4) is 0 Å². The molecule has 0 fully saturated rings. The summed E-state index contributed by atoms with van der Waals surface area (Å²) in [7, 11) is 0. The third kappa shape index (κ3) is 5.26. The summed E-state index contributed by atoms with van der Waals surface area (Å²) >= 11 is 0. The Balaban J connectivity index is 0.00000329. The number of hydrogen-bond donors (Lipinski definition) is 1. The Hall–Kier alpha value is -4.60. The number of rotatable bonds is 4. The first-order valence-electron chi connectivity index (χ1n) is 13.9. The molecule has 1 N–H and O–H groups in total. The van der Waals surface area contributed by atoms with E-state index < -0.39 is 0 Å². The maximum Gasteiger partial charge on any atom is 0.230 e. The molecule has 4 aromatic carbocycles. The summed E-state index contributed by atoms with van der Waals surface area (Å²) in [4.78, 5) is 14.3. The first-order valence-corrected chi connectivity index (χ1v) is 13.9. The molecule has 0 saturated heterocycles. The van der Waals surface area contributed by atoms with Gasteiger partial charge in [-0.15, -0.1) is 35.4 Å². The van der Waals surface area contributed by atoms with Crippen LogP contribution in [-0.4, -0.2) is 20.1 Å².